The average Bonchev–Trinajstić information content (AvgIpc) is 2.82. The van der Waals surface area contributed by atoms with Gasteiger partial charge in [-0.05, 0) is 48.4 Å². The number of rotatable bonds is 8. The van der Waals surface area contributed by atoms with E-state index < -0.39 is 10.0 Å². The summed E-state index contributed by atoms with van der Waals surface area (Å²) >= 11 is 0. The number of benzene rings is 3. The lowest BCUT2D eigenvalue weighted by Gasteiger charge is -2.30. The second kappa shape index (κ2) is 10.6. The number of nitrogens with zero attached hydrogens (tertiary/aromatic N) is 2. The van der Waals surface area contributed by atoms with Crippen molar-refractivity contribution in [2.45, 2.75) is 31.3 Å². The molecule has 0 heterocycles. The van der Waals surface area contributed by atoms with E-state index in [-0.39, 0.29) is 28.3 Å². The summed E-state index contributed by atoms with van der Waals surface area (Å²) in [6, 6.07) is 22.7. The summed E-state index contributed by atoms with van der Waals surface area (Å²) in [5.41, 5.74) is 2.71. The van der Waals surface area contributed by atoms with E-state index in [0.717, 1.165) is 15.4 Å². The molecule has 0 spiro atoms. The summed E-state index contributed by atoms with van der Waals surface area (Å²) in [5.74, 6) is -0.474. The molecule has 8 heteroatoms. The molecule has 3 aromatic carbocycles. The maximum atomic E-state index is 13.7. The fourth-order valence-corrected chi connectivity index (χ4v) is 4.54. The quantitative estimate of drug-likeness (QED) is 0.522. The molecule has 0 aromatic heterocycles. The van der Waals surface area contributed by atoms with Crippen LogP contribution in [0, 0.1) is 0 Å². The van der Waals surface area contributed by atoms with E-state index in [1.54, 1.807) is 23.1 Å². The van der Waals surface area contributed by atoms with Crippen LogP contribution in [0.4, 0.5) is 5.69 Å². The van der Waals surface area contributed by atoms with Crippen LogP contribution in [-0.4, -0.2) is 43.5 Å². The van der Waals surface area contributed by atoms with Gasteiger partial charge in [0.25, 0.3) is 5.91 Å². The predicted molar refractivity (Wildman–Crippen MR) is 133 cm³/mol. The molecule has 0 aliphatic heterocycles. The zero-order valence-electron chi connectivity index (χ0n) is 19.7. The van der Waals surface area contributed by atoms with Crippen molar-refractivity contribution in [3.8, 4) is 0 Å². The molecule has 0 fully saturated rings. The van der Waals surface area contributed by atoms with Crippen LogP contribution in [0.25, 0.3) is 0 Å². The van der Waals surface area contributed by atoms with Crippen molar-refractivity contribution in [2.75, 3.05) is 19.4 Å². The molecular formula is C26H29N3O4S. The lowest BCUT2D eigenvalue weighted by Crippen LogP contribution is -2.33. The van der Waals surface area contributed by atoms with Crippen molar-refractivity contribution in [3.05, 3.63) is 95.6 Å². The van der Waals surface area contributed by atoms with E-state index in [9.17, 15) is 18.0 Å². The first kappa shape index (κ1) is 25.1. The summed E-state index contributed by atoms with van der Waals surface area (Å²) in [4.78, 5) is 27.0. The fraction of sp³-hybridized carbons (Fsp3) is 0.231. The SMILES string of the molecule is CC(=O)Nc1cccc(C(C)N(Cc2ccccc2)C(=O)c2cccc(S(=O)(=O)N(C)C)c2)c1. The topological polar surface area (TPSA) is 86.8 Å². The molecule has 3 aromatic rings. The van der Waals surface area contributed by atoms with Crippen molar-refractivity contribution in [1.82, 2.24) is 9.21 Å². The zero-order chi connectivity index (χ0) is 24.9. The molecule has 0 saturated heterocycles. The van der Waals surface area contributed by atoms with E-state index in [1.165, 1.54) is 33.2 Å². The van der Waals surface area contributed by atoms with Crippen molar-refractivity contribution >= 4 is 27.5 Å². The van der Waals surface area contributed by atoms with Crippen LogP contribution in [0.2, 0.25) is 0 Å². The maximum absolute atomic E-state index is 13.7. The van der Waals surface area contributed by atoms with Gasteiger partial charge in [0.1, 0.15) is 0 Å². The Morgan fingerprint density at radius 1 is 0.912 bits per heavy atom. The number of carbonyl (C=O) groups excluding carboxylic acids is 2. The average molecular weight is 480 g/mol. The van der Waals surface area contributed by atoms with Crippen LogP contribution in [0.3, 0.4) is 0 Å². The summed E-state index contributed by atoms with van der Waals surface area (Å²) < 4.78 is 26.3. The summed E-state index contributed by atoms with van der Waals surface area (Å²) in [6.45, 7) is 3.68. The second-order valence-corrected chi connectivity index (χ2v) is 10.4. The van der Waals surface area contributed by atoms with Crippen LogP contribution in [-0.2, 0) is 21.4 Å². The van der Waals surface area contributed by atoms with Gasteiger partial charge in [-0.25, -0.2) is 12.7 Å². The monoisotopic (exact) mass is 479 g/mol. The van der Waals surface area contributed by atoms with Crippen molar-refractivity contribution in [1.29, 1.82) is 0 Å². The van der Waals surface area contributed by atoms with E-state index in [1.807, 2.05) is 55.5 Å². The molecular weight excluding hydrogens is 450 g/mol. The molecule has 0 aliphatic rings. The zero-order valence-corrected chi connectivity index (χ0v) is 20.5. The van der Waals surface area contributed by atoms with E-state index in [2.05, 4.69) is 5.32 Å². The Hall–Kier alpha value is -3.49. The maximum Gasteiger partial charge on any atom is 0.254 e. The highest BCUT2D eigenvalue weighted by Crippen LogP contribution is 2.27. The molecule has 2 amide bonds. The number of anilines is 1. The van der Waals surface area contributed by atoms with E-state index in [0.29, 0.717) is 12.2 Å². The van der Waals surface area contributed by atoms with Crippen LogP contribution in [0.1, 0.15) is 41.4 Å². The number of hydrogen-bond donors (Lipinski definition) is 1. The van der Waals surface area contributed by atoms with Gasteiger partial charge in [0.15, 0.2) is 0 Å². The number of hydrogen-bond acceptors (Lipinski definition) is 4. The summed E-state index contributed by atoms with van der Waals surface area (Å²) in [5, 5.41) is 2.77. The highest BCUT2D eigenvalue weighted by Gasteiger charge is 2.25. The number of amides is 2. The van der Waals surface area contributed by atoms with Gasteiger partial charge in [0, 0.05) is 38.8 Å². The smallest absolute Gasteiger partial charge is 0.254 e. The molecule has 7 nitrogen and oxygen atoms in total. The third-order valence-corrected chi connectivity index (χ3v) is 7.28. The molecule has 1 unspecified atom stereocenters. The molecule has 0 saturated carbocycles. The van der Waals surface area contributed by atoms with Gasteiger partial charge >= 0.3 is 0 Å². The summed E-state index contributed by atoms with van der Waals surface area (Å²) in [7, 11) is -0.777. The van der Waals surface area contributed by atoms with Crippen LogP contribution < -0.4 is 5.32 Å². The van der Waals surface area contributed by atoms with Crippen LogP contribution >= 0.6 is 0 Å². The van der Waals surface area contributed by atoms with Crippen LogP contribution in [0.5, 0.6) is 0 Å². The lowest BCUT2D eigenvalue weighted by molar-refractivity contribution is -0.114. The molecule has 0 radical (unpaired) electrons. The van der Waals surface area contributed by atoms with E-state index in [4.69, 9.17) is 0 Å². The third-order valence-electron chi connectivity index (χ3n) is 5.47. The van der Waals surface area contributed by atoms with Crippen molar-refractivity contribution < 1.29 is 18.0 Å². The third kappa shape index (κ3) is 5.89. The van der Waals surface area contributed by atoms with Crippen molar-refractivity contribution in [3.63, 3.8) is 0 Å². The Balaban J connectivity index is 2.02. The molecule has 0 aliphatic carbocycles. The summed E-state index contributed by atoms with van der Waals surface area (Å²) in [6.07, 6.45) is 0. The molecule has 178 valence electrons. The Bertz CT molecular complexity index is 1270. The van der Waals surface area contributed by atoms with Crippen LogP contribution in [0.15, 0.2) is 83.8 Å². The Morgan fingerprint density at radius 3 is 2.24 bits per heavy atom. The van der Waals surface area contributed by atoms with Gasteiger partial charge in [-0.2, -0.15) is 0 Å². The van der Waals surface area contributed by atoms with Gasteiger partial charge in [-0.15, -0.1) is 0 Å². The van der Waals surface area contributed by atoms with Gasteiger partial charge in [0.05, 0.1) is 10.9 Å². The minimum absolute atomic E-state index is 0.0586. The van der Waals surface area contributed by atoms with Crippen molar-refractivity contribution in [2.24, 2.45) is 0 Å². The largest absolute Gasteiger partial charge is 0.328 e. The Kier molecular flexibility index (Phi) is 7.86. The first-order valence-corrected chi connectivity index (χ1v) is 12.3. The number of sulfonamides is 1. The first-order chi connectivity index (χ1) is 16.1. The lowest BCUT2D eigenvalue weighted by atomic mass is 10.0. The normalized spacial score (nSPS) is 12.3. The number of nitrogens with one attached hydrogen (secondary N) is 1. The molecule has 1 atom stereocenters. The Morgan fingerprint density at radius 2 is 1.59 bits per heavy atom. The molecule has 0 bridgehead atoms. The first-order valence-electron chi connectivity index (χ1n) is 10.8. The standard InChI is InChI=1S/C26H29N3O4S/c1-19(22-12-8-14-24(16-22)27-20(2)30)29(18-21-10-6-5-7-11-21)26(31)23-13-9-15-25(17-23)34(32,33)28(3)4/h5-17,19H,18H2,1-4H3,(H,27,30). The van der Waals surface area contributed by atoms with E-state index >= 15 is 0 Å². The Labute approximate surface area is 201 Å². The molecule has 1 N–H and O–H groups in total. The van der Waals surface area contributed by atoms with Gasteiger partial charge < -0.3 is 10.2 Å². The minimum atomic E-state index is -3.68. The highest BCUT2D eigenvalue weighted by atomic mass is 32.2. The minimum Gasteiger partial charge on any atom is -0.328 e. The highest BCUT2D eigenvalue weighted by molar-refractivity contribution is 7.89. The molecule has 34 heavy (non-hydrogen) atoms. The molecule has 3 rings (SSSR count). The second-order valence-electron chi connectivity index (χ2n) is 8.22. The number of carbonyl (C=O) groups is 2. The fourth-order valence-electron chi connectivity index (χ4n) is 3.59. The van der Waals surface area contributed by atoms with Gasteiger partial charge in [-0.3, -0.25) is 9.59 Å². The predicted octanol–water partition coefficient (Wildman–Crippen LogP) is 4.30. The van der Waals surface area contributed by atoms with Gasteiger partial charge in [0.2, 0.25) is 15.9 Å². The van der Waals surface area contributed by atoms with Gasteiger partial charge in [-0.1, -0.05) is 48.5 Å².